The fourth-order valence-corrected chi connectivity index (χ4v) is 3.18. The third kappa shape index (κ3) is 4.06. The van der Waals surface area contributed by atoms with E-state index in [0.29, 0.717) is 11.7 Å². The molecule has 0 radical (unpaired) electrons. The number of carbonyl (C=O) groups excluding carboxylic acids is 1. The van der Waals surface area contributed by atoms with Gasteiger partial charge in [-0.1, -0.05) is 6.92 Å². The number of aryl methyl sites for hydroxylation is 2. The molecule has 2 aromatic rings. The number of piperidine rings is 1. The molecule has 0 unspecified atom stereocenters. The maximum absolute atomic E-state index is 11.9. The van der Waals surface area contributed by atoms with Crippen LogP contribution in [-0.2, 0) is 13.0 Å². The first kappa shape index (κ1) is 16.8. The van der Waals surface area contributed by atoms with Crippen molar-refractivity contribution in [2.24, 2.45) is 5.92 Å². The minimum absolute atomic E-state index is 0.123. The Hall–Kier alpha value is -2.08. The lowest BCUT2D eigenvalue weighted by Crippen LogP contribution is -2.38. The molecule has 6 heteroatoms. The Morgan fingerprint density at radius 1 is 1.46 bits per heavy atom. The molecule has 1 saturated heterocycles. The fourth-order valence-electron chi connectivity index (χ4n) is 3.18. The van der Waals surface area contributed by atoms with Gasteiger partial charge in [0.05, 0.1) is 12.0 Å². The predicted molar refractivity (Wildman–Crippen MR) is 91.7 cm³/mol. The van der Waals surface area contributed by atoms with Gasteiger partial charge in [0.2, 0.25) is 0 Å². The number of hydrogen-bond acceptors (Lipinski definition) is 4. The van der Waals surface area contributed by atoms with E-state index in [4.69, 9.17) is 4.42 Å². The van der Waals surface area contributed by atoms with Crippen molar-refractivity contribution >= 4 is 5.91 Å². The largest absolute Gasteiger partial charge is 0.459 e. The molecule has 3 rings (SSSR count). The normalized spacial score (nSPS) is 16.4. The van der Waals surface area contributed by atoms with Crippen LogP contribution in [0.3, 0.4) is 0 Å². The number of aromatic nitrogens is 2. The highest BCUT2D eigenvalue weighted by molar-refractivity contribution is 5.91. The number of likely N-dealkylation sites (tertiary alicyclic amines) is 1. The smallest absolute Gasteiger partial charge is 0.286 e. The van der Waals surface area contributed by atoms with Crippen molar-refractivity contribution < 1.29 is 9.21 Å². The molecular weight excluding hydrogens is 304 g/mol. The van der Waals surface area contributed by atoms with E-state index in [1.807, 2.05) is 0 Å². The standard InChI is InChI=1S/C18H26N4O2/c1-3-17-20-13(2)15(21-17)12-22-8-6-14(7-9-22)11-19-18(23)16-5-4-10-24-16/h4-5,10,14H,3,6-9,11-12H2,1-2H3,(H,19,23)(H,20,21). The molecule has 0 saturated carbocycles. The first-order valence-corrected chi connectivity index (χ1v) is 8.74. The Labute approximate surface area is 142 Å². The first-order chi connectivity index (χ1) is 11.7. The second-order valence-electron chi connectivity index (χ2n) is 6.52. The SMILES string of the molecule is CCc1nc(CN2CCC(CNC(=O)c3ccco3)CC2)c(C)[nH]1. The third-order valence-corrected chi connectivity index (χ3v) is 4.75. The van der Waals surface area contributed by atoms with Gasteiger partial charge in [-0.3, -0.25) is 9.69 Å². The average molecular weight is 330 g/mol. The van der Waals surface area contributed by atoms with E-state index in [1.165, 1.54) is 12.0 Å². The van der Waals surface area contributed by atoms with Gasteiger partial charge in [0.1, 0.15) is 5.82 Å². The van der Waals surface area contributed by atoms with E-state index in [-0.39, 0.29) is 5.91 Å². The second kappa shape index (κ2) is 7.66. The van der Waals surface area contributed by atoms with E-state index in [9.17, 15) is 4.79 Å². The summed E-state index contributed by atoms with van der Waals surface area (Å²) in [5.41, 5.74) is 2.34. The summed E-state index contributed by atoms with van der Waals surface area (Å²) in [4.78, 5) is 22.4. The van der Waals surface area contributed by atoms with Crippen molar-refractivity contribution in [3.05, 3.63) is 41.4 Å². The molecule has 2 aromatic heterocycles. The summed E-state index contributed by atoms with van der Waals surface area (Å²) >= 11 is 0. The average Bonchev–Trinajstić information content (AvgIpc) is 3.24. The van der Waals surface area contributed by atoms with Gasteiger partial charge in [-0.25, -0.2) is 4.98 Å². The van der Waals surface area contributed by atoms with Crippen LogP contribution in [0, 0.1) is 12.8 Å². The van der Waals surface area contributed by atoms with Crippen LogP contribution in [0.1, 0.15) is 47.5 Å². The molecule has 1 aliphatic heterocycles. The fraction of sp³-hybridized carbons (Fsp3) is 0.556. The summed E-state index contributed by atoms with van der Waals surface area (Å²) in [5, 5.41) is 2.97. The highest BCUT2D eigenvalue weighted by Crippen LogP contribution is 2.19. The number of aromatic amines is 1. The highest BCUT2D eigenvalue weighted by Gasteiger charge is 2.21. The number of furan rings is 1. The van der Waals surface area contributed by atoms with Crippen LogP contribution < -0.4 is 5.32 Å². The number of hydrogen-bond donors (Lipinski definition) is 2. The van der Waals surface area contributed by atoms with Gasteiger partial charge >= 0.3 is 0 Å². The molecule has 0 bridgehead atoms. The van der Waals surface area contributed by atoms with Crippen molar-refractivity contribution in [1.82, 2.24) is 20.2 Å². The number of imidazole rings is 1. The number of rotatable bonds is 6. The lowest BCUT2D eigenvalue weighted by Gasteiger charge is -2.31. The summed E-state index contributed by atoms with van der Waals surface area (Å²) < 4.78 is 5.11. The monoisotopic (exact) mass is 330 g/mol. The quantitative estimate of drug-likeness (QED) is 0.853. The predicted octanol–water partition coefficient (Wildman–Crippen LogP) is 2.52. The van der Waals surface area contributed by atoms with Crippen molar-refractivity contribution in [1.29, 1.82) is 0 Å². The van der Waals surface area contributed by atoms with Crippen LogP contribution in [0.25, 0.3) is 0 Å². The van der Waals surface area contributed by atoms with Crippen molar-refractivity contribution in [3.8, 4) is 0 Å². The molecule has 6 nitrogen and oxygen atoms in total. The topological polar surface area (TPSA) is 74.2 Å². The zero-order chi connectivity index (χ0) is 16.9. The van der Waals surface area contributed by atoms with Crippen LogP contribution in [0.5, 0.6) is 0 Å². The minimum Gasteiger partial charge on any atom is -0.459 e. The van der Waals surface area contributed by atoms with Gasteiger partial charge in [-0.15, -0.1) is 0 Å². The maximum atomic E-state index is 11.9. The lowest BCUT2D eigenvalue weighted by molar-refractivity contribution is 0.0907. The molecule has 1 fully saturated rings. The molecule has 3 heterocycles. The summed E-state index contributed by atoms with van der Waals surface area (Å²) in [6, 6.07) is 3.42. The number of nitrogens with zero attached hydrogens (tertiary/aromatic N) is 2. The second-order valence-corrected chi connectivity index (χ2v) is 6.52. The number of H-pyrrole nitrogens is 1. The summed E-state index contributed by atoms with van der Waals surface area (Å²) in [6.07, 6.45) is 4.66. The Balaban J connectivity index is 1.42. The Kier molecular flexibility index (Phi) is 5.35. The highest BCUT2D eigenvalue weighted by atomic mass is 16.3. The molecule has 2 N–H and O–H groups in total. The molecular formula is C18H26N4O2. The van der Waals surface area contributed by atoms with E-state index in [1.54, 1.807) is 12.1 Å². The van der Waals surface area contributed by atoms with Crippen LogP contribution in [0.15, 0.2) is 22.8 Å². The van der Waals surface area contributed by atoms with Crippen LogP contribution >= 0.6 is 0 Å². The van der Waals surface area contributed by atoms with E-state index < -0.39 is 0 Å². The summed E-state index contributed by atoms with van der Waals surface area (Å²) in [5.74, 6) is 1.86. The van der Waals surface area contributed by atoms with Crippen molar-refractivity contribution in [3.63, 3.8) is 0 Å². The molecule has 0 aromatic carbocycles. The lowest BCUT2D eigenvalue weighted by atomic mass is 9.96. The van der Waals surface area contributed by atoms with Crippen LogP contribution in [0.4, 0.5) is 0 Å². The zero-order valence-corrected chi connectivity index (χ0v) is 14.5. The van der Waals surface area contributed by atoms with Crippen LogP contribution in [0.2, 0.25) is 0 Å². The number of carbonyl (C=O) groups is 1. The van der Waals surface area contributed by atoms with Gasteiger partial charge in [0, 0.05) is 25.2 Å². The minimum atomic E-state index is -0.123. The van der Waals surface area contributed by atoms with Gasteiger partial charge in [0.25, 0.3) is 5.91 Å². The Morgan fingerprint density at radius 2 is 2.25 bits per heavy atom. The van der Waals surface area contributed by atoms with Crippen molar-refractivity contribution in [2.45, 2.75) is 39.7 Å². The molecule has 1 aliphatic rings. The molecule has 0 aliphatic carbocycles. The first-order valence-electron chi connectivity index (χ1n) is 8.74. The maximum Gasteiger partial charge on any atom is 0.286 e. The number of amides is 1. The number of nitrogens with one attached hydrogen (secondary N) is 2. The van der Waals surface area contributed by atoms with E-state index in [0.717, 1.165) is 57.0 Å². The Bertz CT molecular complexity index is 655. The van der Waals surface area contributed by atoms with Gasteiger partial charge < -0.3 is 14.7 Å². The molecule has 0 atom stereocenters. The molecule has 0 spiro atoms. The molecule has 130 valence electrons. The van der Waals surface area contributed by atoms with Gasteiger partial charge in [0.15, 0.2) is 5.76 Å². The third-order valence-electron chi connectivity index (χ3n) is 4.75. The molecule has 1 amide bonds. The van der Waals surface area contributed by atoms with E-state index in [2.05, 4.69) is 34.0 Å². The van der Waals surface area contributed by atoms with Crippen molar-refractivity contribution in [2.75, 3.05) is 19.6 Å². The zero-order valence-electron chi connectivity index (χ0n) is 14.5. The molecule has 24 heavy (non-hydrogen) atoms. The summed E-state index contributed by atoms with van der Waals surface area (Å²) in [7, 11) is 0. The van der Waals surface area contributed by atoms with Crippen LogP contribution in [-0.4, -0.2) is 40.4 Å². The van der Waals surface area contributed by atoms with Gasteiger partial charge in [-0.05, 0) is 50.9 Å². The summed E-state index contributed by atoms with van der Waals surface area (Å²) in [6.45, 7) is 7.94. The van der Waals surface area contributed by atoms with Gasteiger partial charge in [-0.2, -0.15) is 0 Å². The van der Waals surface area contributed by atoms with E-state index >= 15 is 0 Å². The Morgan fingerprint density at radius 3 is 2.88 bits per heavy atom.